The van der Waals surface area contributed by atoms with Crippen LogP contribution in [0.4, 0.5) is 5.69 Å². The van der Waals surface area contributed by atoms with Crippen LogP contribution in [-0.2, 0) is 16.4 Å². The molecule has 4 rings (SSSR count). The van der Waals surface area contributed by atoms with Crippen LogP contribution in [0.3, 0.4) is 0 Å². The molecule has 0 bridgehead atoms. The second kappa shape index (κ2) is 6.89. The first-order valence-corrected chi connectivity index (χ1v) is 10.1. The van der Waals surface area contributed by atoms with Crippen molar-refractivity contribution in [1.82, 2.24) is 9.97 Å². The molecule has 0 aliphatic rings. The van der Waals surface area contributed by atoms with Crippen LogP contribution < -0.4 is 4.72 Å². The number of nitrogens with zero attached hydrogens (tertiary/aromatic N) is 1. The highest BCUT2D eigenvalue weighted by molar-refractivity contribution is 7.92. The number of anilines is 1. The summed E-state index contributed by atoms with van der Waals surface area (Å²) in [4.78, 5) is 8.12. The molecule has 1 aromatic heterocycles. The average Bonchev–Trinajstić information content (AvgIpc) is 3.06. The van der Waals surface area contributed by atoms with E-state index in [-0.39, 0.29) is 4.90 Å². The Kier molecular flexibility index (Phi) is 4.41. The maximum Gasteiger partial charge on any atom is 0.261 e. The minimum atomic E-state index is -3.59. The Morgan fingerprint density at radius 1 is 0.926 bits per heavy atom. The highest BCUT2D eigenvalue weighted by Crippen LogP contribution is 2.19. The summed E-state index contributed by atoms with van der Waals surface area (Å²) in [6, 6.07) is 22.0. The van der Waals surface area contributed by atoms with E-state index in [0.29, 0.717) is 12.1 Å². The third-order valence-corrected chi connectivity index (χ3v) is 5.74. The molecule has 0 spiro atoms. The Hall–Kier alpha value is -3.12. The fraction of sp³-hybridized carbons (Fsp3) is 0.0952. The van der Waals surface area contributed by atoms with Gasteiger partial charge >= 0.3 is 0 Å². The Bertz CT molecular complexity index is 1150. The van der Waals surface area contributed by atoms with Gasteiger partial charge in [0.1, 0.15) is 5.82 Å². The molecule has 0 atom stereocenters. The molecule has 0 saturated carbocycles. The number of rotatable bonds is 5. The minimum absolute atomic E-state index is 0.249. The molecule has 0 unspecified atom stereocenters. The topological polar surface area (TPSA) is 74.8 Å². The molecule has 0 fully saturated rings. The zero-order chi connectivity index (χ0) is 18.9. The number of hydrogen-bond donors (Lipinski definition) is 2. The number of hydrogen-bond acceptors (Lipinski definition) is 3. The van der Waals surface area contributed by atoms with Gasteiger partial charge in [0.05, 0.1) is 15.9 Å². The lowest BCUT2D eigenvalue weighted by Crippen LogP contribution is -2.12. The van der Waals surface area contributed by atoms with Crippen LogP contribution in [0.2, 0.25) is 0 Å². The predicted octanol–water partition coefficient (Wildman–Crippen LogP) is 4.26. The fourth-order valence-corrected chi connectivity index (χ4v) is 3.96. The second-order valence-electron chi connectivity index (χ2n) is 6.49. The third-order valence-electron chi connectivity index (χ3n) is 4.35. The average molecular weight is 377 g/mol. The number of fused-ring (bicyclic) bond motifs is 1. The zero-order valence-corrected chi connectivity index (χ0v) is 15.6. The van der Waals surface area contributed by atoms with E-state index in [9.17, 15) is 8.42 Å². The summed E-state index contributed by atoms with van der Waals surface area (Å²) >= 11 is 0. The Morgan fingerprint density at radius 3 is 2.33 bits per heavy atom. The Balaban J connectivity index is 1.49. The van der Waals surface area contributed by atoms with Crippen molar-refractivity contribution in [2.45, 2.75) is 18.2 Å². The minimum Gasteiger partial charge on any atom is -0.342 e. The van der Waals surface area contributed by atoms with Gasteiger partial charge < -0.3 is 4.98 Å². The van der Waals surface area contributed by atoms with E-state index in [1.807, 2.05) is 43.3 Å². The zero-order valence-electron chi connectivity index (χ0n) is 14.8. The van der Waals surface area contributed by atoms with Crippen molar-refractivity contribution in [3.63, 3.8) is 0 Å². The number of aromatic amines is 1. The molecular weight excluding hydrogens is 358 g/mol. The van der Waals surface area contributed by atoms with Crippen LogP contribution in [0, 0.1) is 6.92 Å². The molecule has 27 heavy (non-hydrogen) atoms. The summed E-state index contributed by atoms with van der Waals surface area (Å²) in [7, 11) is -3.59. The van der Waals surface area contributed by atoms with Crippen molar-refractivity contribution in [2.75, 3.05) is 4.72 Å². The summed E-state index contributed by atoms with van der Waals surface area (Å²) < 4.78 is 27.5. The highest BCUT2D eigenvalue weighted by atomic mass is 32.2. The van der Waals surface area contributed by atoms with Crippen molar-refractivity contribution < 1.29 is 8.42 Å². The molecule has 2 N–H and O–H groups in total. The van der Waals surface area contributed by atoms with E-state index < -0.39 is 10.0 Å². The summed E-state index contributed by atoms with van der Waals surface area (Å²) in [5, 5.41) is 0. The summed E-state index contributed by atoms with van der Waals surface area (Å²) in [5.74, 6) is 0.879. The van der Waals surface area contributed by atoms with E-state index in [4.69, 9.17) is 0 Å². The first-order chi connectivity index (χ1) is 13.0. The standard InChI is InChI=1S/C21H19N3O2S/c1-15-6-12-18(13-7-15)27(25,26)24-17-10-8-16(9-11-17)14-21-22-19-4-2-3-5-20(19)23-21/h2-13,24H,14H2,1H3,(H,22,23). The number of benzene rings is 3. The van der Waals surface area contributed by atoms with Gasteiger partial charge in [-0.05, 0) is 48.9 Å². The van der Waals surface area contributed by atoms with Crippen LogP contribution >= 0.6 is 0 Å². The fourth-order valence-electron chi connectivity index (χ4n) is 2.90. The number of aryl methyl sites for hydroxylation is 1. The van der Waals surface area contributed by atoms with Gasteiger partial charge in [-0.1, -0.05) is 42.0 Å². The summed E-state index contributed by atoms with van der Waals surface area (Å²) in [5.41, 5.74) is 4.55. The number of para-hydroxylation sites is 2. The quantitative estimate of drug-likeness (QED) is 0.546. The van der Waals surface area contributed by atoms with E-state index in [1.54, 1.807) is 36.4 Å². The van der Waals surface area contributed by atoms with Crippen LogP contribution in [0.25, 0.3) is 11.0 Å². The number of aromatic nitrogens is 2. The van der Waals surface area contributed by atoms with Gasteiger partial charge in [0, 0.05) is 12.1 Å². The molecule has 6 heteroatoms. The van der Waals surface area contributed by atoms with Crippen LogP contribution in [-0.4, -0.2) is 18.4 Å². The smallest absolute Gasteiger partial charge is 0.261 e. The maximum absolute atomic E-state index is 12.5. The van der Waals surface area contributed by atoms with Crippen LogP contribution in [0.15, 0.2) is 77.7 Å². The number of nitrogens with one attached hydrogen (secondary N) is 2. The normalized spacial score (nSPS) is 11.6. The molecule has 0 aliphatic heterocycles. The van der Waals surface area contributed by atoms with E-state index in [1.165, 1.54) is 0 Å². The molecule has 0 saturated heterocycles. The SMILES string of the molecule is Cc1ccc(S(=O)(=O)Nc2ccc(Cc3nc4ccccc4[nH]3)cc2)cc1. The van der Waals surface area contributed by atoms with E-state index >= 15 is 0 Å². The molecule has 4 aromatic rings. The van der Waals surface area contributed by atoms with Gasteiger partial charge in [0.2, 0.25) is 0 Å². The third kappa shape index (κ3) is 3.85. The molecular formula is C21H19N3O2S. The molecule has 136 valence electrons. The van der Waals surface area contributed by atoms with Crippen LogP contribution in [0.5, 0.6) is 0 Å². The molecule has 5 nitrogen and oxygen atoms in total. The number of H-pyrrole nitrogens is 1. The van der Waals surface area contributed by atoms with Gasteiger partial charge in [-0.2, -0.15) is 0 Å². The first kappa shape index (κ1) is 17.3. The second-order valence-corrected chi connectivity index (χ2v) is 8.18. The van der Waals surface area contributed by atoms with Crippen molar-refractivity contribution in [3.8, 4) is 0 Å². The lowest BCUT2D eigenvalue weighted by Gasteiger charge is -2.09. The Labute approximate surface area is 158 Å². The number of imidazole rings is 1. The summed E-state index contributed by atoms with van der Waals surface area (Å²) in [6.45, 7) is 1.92. The van der Waals surface area contributed by atoms with Crippen molar-refractivity contribution in [1.29, 1.82) is 0 Å². The lowest BCUT2D eigenvalue weighted by atomic mass is 10.1. The van der Waals surface area contributed by atoms with Gasteiger partial charge in [-0.3, -0.25) is 4.72 Å². The largest absolute Gasteiger partial charge is 0.342 e. The number of sulfonamides is 1. The van der Waals surface area contributed by atoms with E-state index in [0.717, 1.165) is 28.0 Å². The molecule has 1 heterocycles. The highest BCUT2D eigenvalue weighted by Gasteiger charge is 2.13. The molecule has 0 radical (unpaired) electrons. The van der Waals surface area contributed by atoms with Gasteiger partial charge in [0.15, 0.2) is 0 Å². The lowest BCUT2D eigenvalue weighted by molar-refractivity contribution is 0.601. The molecule has 3 aromatic carbocycles. The molecule has 0 amide bonds. The molecule has 0 aliphatic carbocycles. The van der Waals surface area contributed by atoms with Gasteiger partial charge in [0.25, 0.3) is 10.0 Å². The predicted molar refractivity (Wildman–Crippen MR) is 107 cm³/mol. The van der Waals surface area contributed by atoms with Crippen molar-refractivity contribution >= 4 is 26.7 Å². The summed E-state index contributed by atoms with van der Waals surface area (Å²) in [6.07, 6.45) is 0.652. The van der Waals surface area contributed by atoms with Crippen molar-refractivity contribution in [3.05, 3.63) is 89.7 Å². The van der Waals surface area contributed by atoms with Gasteiger partial charge in [-0.15, -0.1) is 0 Å². The Morgan fingerprint density at radius 2 is 1.63 bits per heavy atom. The first-order valence-electron chi connectivity index (χ1n) is 8.62. The monoisotopic (exact) mass is 377 g/mol. The van der Waals surface area contributed by atoms with E-state index in [2.05, 4.69) is 14.7 Å². The van der Waals surface area contributed by atoms with Crippen molar-refractivity contribution in [2.24, 2.45) is 0 Å². The maximum atomic E-state index is 12.5. The van der Waals surface area contributed by atoms with Crippen LogP contribution in [0.1, 0.15) is 17.0 Å². The van der Waals surface area contributed by atoms with Gasteiger partial charge in [-0.25, -0.2) is 13.4 Å².